The van der Waals surface area contributed by atoms with Crippen molar-refractivity contribution in [3.63, 3.8) is 0 Å². The average molecular weight is 322 g/mol. The van der Waals surface area contributed by atoms with Gasteiger partial charge in [-0.15, -0.1) is 0 Å². The molecule has 0 atom stereocenters. The van der Waals surface area contributed by atoms with Gasteiger partial charge in [0.2, 0.25) is 0 Å². The third-order valence-electron chi connectivity index (χ3n) is 1.61. The molecule has 1 heterocycles. The summed E-state index contributed by atoms with van der Waals surface area (Å²) in [4.78, 5) is 1.09. The van der Waals surface area contributed by atoms with Gasteiger partial charge in [0.25, 0.3) is 0 Å². The molecule has 0 bridgehead atoms. The van der Waals surface area contributed by atoms with Gasteiger partial charge in [-0.05, 0) is 0 Å². The minimum atomic E-state index is -0.0419. The topological polar surface area (TPSA) is 20.2 Å². The fraction of sp³-hybridized carbons (Fsp3) is 0.455. The van der Waals surface area contributed by atoms with Crippen LogP contribution in [0.2, 0.25) is 4.47 Å². The maximum atomic E-state index is 8.55. The summed E-state index contributed by atoms with van der Waals surface area (Å²) in [7, 11) is 0. The van der Waals surface area contributed by atoms with Crippen molar-refractivity contribution in [1.29, 1.82) is 0 Å². The maximum absolute atomic E-state index is 8.55. The van der Waals surface area contributed by atoms with Crippen molar-refractivity contribution < 1.29 is 5.11 Å². The minimum absolute atomic E-state index is 0.0404. The first kappa shape index (κ1) is 12.1. The van der Waals surface area contributed by atoms with Crippen LogP contribution in [0, 0.1) is 11.8 Å². The third kappa shape index (κ3) is 4.49. The van der Waals surface area contributed by atoms with Crippen LogP contribution in [0.3, 0.4) is 0 Å². The number of aliphatic hydroxyl groups excluding tert-OH is 1. The number of hydrogen-bond acceptors (Lipinski definition) is 2. The summed E-state index contributed by atoms with van der Waals surface area (Å²) in [6.07, 6.45) is 2.66. The van der Waals surface area contributed by atoms with Crippen molar-refractivity contribution in [1.82, 2.24) is 0 Å². The van der Waals surface area contributed by atoms with Crippen LogP contribution >= 0.6 is 11.3 Å². The van der Waals surface area contributed by atoms with Crippen molar-refractivity contribution in [3.8, 4) is 11.8 Å². The predicted molar refractivity (Wildman–Crippen MR) is 63.4 cm³/mol. The number of thiophene rings is 1. The molecule has 0 radical (unpaired) electrons. The molecular weight excluding hydrogens is 308 g/mol. The van der Waals surface area contributed by atoms with Crippen LogP contribution in [-0.2, 0) is 0 Å². The molecule has 0 amide bonds. The molecule has 0 aromatic carbocycles. The van der Waals surface area contributed by atoms with E-state index >= 15 is 0 Å². The Morgan fingerprint density at radius 3 is 3.07 bits per heavy atom. The van der Waals surface area contributed by atoms with E-state index in [1.807, 2.05) is 0 Å². The van der Waals surface area contributed by atoms with Crippen LogP contribution in [-0.4, -0.2) is 32.6 Å². The molecule has 0 saturated carbocycles. The zero-order chi connectivity index (χ0) is 10.2. The molecule has 3 heteroatoms. The first-order chi connectivity index (χ1) is 6.86. The van der Waals surface area contributed by atoms with Crippen LogP contribution in [0.4, 0.5) is 0 Å². The fourth-order valence-electron chi connectivity index (χ4n) is 0.909. The van der Waals surface area contributed by atoms with Crippen molar-refractivity contribution in [2.45, 2.75) is 24.2 Å². The molecule has 1 nitrogen and oxygen atoms in total. The Morgan fingerprint density at radius 1 is 1.50 bits per heavy atom. The van der Waals surface area contributed by atoms with E-state index in [0.29, 0.717) is 0 Å². The third-order valence-corrected chi connectivity index (χ3v) is 6.52. The molecule has 0 aliphatic rings. The number of rotatable bonds is 4. The second-order valence-corrected chi connectivity index (χ2v) is 7.92. The van der Waals surface area contributed by atoms with E-state index in [0.717, 1.165) is 4.88 Å². The fourth-order valence-corrected chi connectivity index (χ4v) is 5.69. The summed E-state index contributed by atoms with van der Waals surface area (Å²) in [5, 5.41) is 8.55. The zero-order valence-corrected chi connectivity index (χ0v) is 11.4. The molecule has 1 rings (SSSR count). The molecule has 0 saturated heterocycles. The second-order valence-electron chi connectivity index (χ2n) is 2.78. The summed E-state index contributed by atoms with van der Waals surface area (Å²) >= 11 is 1.84. The van der Waals surface area contributed by atoms with E-state index < -0.39 is 0 Å². The number of unbranched alkanes of at least 4 members (excludes halogenated alkanes) is 1. The summed E-state index contributed by atoms with van der Waals surface area (Å²) in [6.45, 7) is 2.19. The SMILES string of the molecule is CCCC[Te]c1ccc(C#CCO)s1. The van der Waals surface area contributed by atoms with Gasteiger partial charge in [-0.25, -0.2) is 0 Å². The van der Waals surface area contributed by atoms with Crippen LogP contribution in [0.1, 0.15) is 24.6 Å². The molecule has 1 aromatic rings. The van der Waals surface area contributed by atoms with E-state index in [4.69, 9.17) is 5.11 Å². The zero-order valence-electron chi connectivity index (χ0n) is 8.25. The summed E-state index contributed by atoms with van der Waals surface area (Å²) in [5.74, 6) is 5.62. The molecule has 0 unspecified atom stereocenters. The second kappa shape index (κ2) is 7.32. The Balaban J connectivity index is 2.42. The van der Waals surface area contributed by atoms with E-state index in [-0.39, 0.29) is 27.5 Å². The number of hydrogen-bond donors (Lipinski definition) is 1. The van der Waals surface area contributed by atoms with Gasteiger partial charge in [0.1, 0.15) is 0 Å². The molecule has 1 aromatic heterocycles. The Morgan fingerprint density at radius 2 is 2.36 bits per heavy atom. The predicted octanol–water partition coefficient (Wildman–Crippen LogP) is 1.64. The van der Waals surface area contributed by atoms with Crippen molar-refractivity contribution >= 4 is 35.2 Å². The molecule has 14 heavy (non-hydrogen) atoms. The Hall–Kier alpha value is 0.00961. The average Bonchev–Trinajstić information content (AvgIpc) is 2.63. The molecule has 76 valence electrons. The van der Waals surface area contributed by atoms with Crippen molar-refractivity contribution in [2.75, 3.05) is 6.61 Å². The molecule has 0 fully saturated rings. The summed E-state index contributed by atoms with van der Waals surface area (Å²) in [5.41, 5.74) is 0. The summed E-state index contributed by atoms with van der Waals surface area (Å²) < 4.78 is 2.93. The molecular formula is C11H14OSTe. The van der Waals surface area contributed by atoms with Gasteiger partial charge in [0.05, 0.1) is 0 Å². The molecule has 0 aliphatic heterocycles. The Bertz CT molecular complexity index is 322. The van der Waals surface area contributed by atoms with Crippen LogP contribution in [0.15, 0.2) is 12.1 Å². The molecule has 0 spiro atoms. The van der Waals surface area contributed by atoms with Gasteiger partial charge in [-0.3, -0.25) is 0 Å². The van der Waals surface area contributed by atoms with E-state index in [1.165, 1.54) is 20.2 Å². The van der Waals surface area contributed by atoms with Gasteiger partial charge in [-0.1, -0.05) is 0 Å². The van der Waals surface area contributed by atoms with Crippen LogP contribution in [0.25, 0.3) is 0 Å². The van der Waals surface area contributed by atoms with Crippen LogP contribution < -0.4 is 2.93 Å². The normalized spacial score (nSPS) is 9.57. The van der Waals surface area contributed by atoms with Gasteiger partial charge in [0, 0.05) is 0 Å². The van der Waals surface area contributed by atoms with E-state index in [1.54, 1.807) is 11.3 Å². The standard InChI is InChI=1S/C11H14OSTe/c1-2-3-9-14-11-7-6-10(13-11)5-4-8-12/h6-7,12H,2-3,8-9H2,1H3. The van der Waals surface area contributed by atoms with Gasteiger partial charge >= 0.3 is 100.0 Å². The first-order valence-corrected chi connectivity index (χ1v) is 8.32. The molecule has 0 aliphatic carbocycles. The first-order valence-electron chi connectivity index (χ1n) is 4.69. The van der Waals surface area contributed by atoms with Crippen LogP contribution in [0.5, 0.6) is 0 Å². The number of aliphatic hydroxyl groups is 1. The quantitative estimate of drug-likeness (QED) is 0.508. The van der Waals surface area contributed by atoms with Crippen molar-refractivity contribution in [3.05, 3.63) is 17.0 Å². The Kier molecular flexibility index (Phi) is 6.32. The summed E-state index contributed by atoms with van der Waals surface area (Å²) in [6, 6.07) is 4.27. The van der Waals surface area contributed by atoms with Gasteiger partial charge in [0.15, 0.2) is 0 Å². The molecule has 1 N–H and O–H groups in total. The van der Waals surface area contributed by atoms with Crippen molar-refractivity contribution in [2.24, 2.45) is 0 Å². The monoisotopic (exact) mass is 324 g/mol. The van der Waals surface area contributed by atoms with Gasteiger partial charge < -0.3 is 0 Å². The van der Waals surface area contributed by atoms with E-state index in [2.05, 4.69) is 30.9 Å². The van der Waals surface area contributed by atoms with Gasteiger partial charge in [-0.2, -0.15) is 0 Å². The Labute approximate surface area is 99.6 Å². The van der Waals surface area contributed by atoms with E-state index in [9.17, 15) is 0 Å².